The van der Waals surface area contributed by atoms with E-state index in [9.17, 15) is 0 Å². The molecule has 0 amide bonds. The van der Waals surface area contributed by atoms with Crippen LogP contribution in [-0.2, 0) is 26.9 Å². The van der Waals surface area contributed by atoms with Crippen molar-refractivity contribution in [3.8, 4) is 33.4 Å². The van der Waals surface area contributed by atoms with E-state index in [4.69, 9.17) is 0 Å². The van der Waals surface area contributed by atoms with E-state index in [1.54, 1.807) is 0 Å². The Morgan fingerprint density at radius 2 is 1.26 bits per heavy atom. The lowest BCUT2D eigenvalue weighted by Gasteiger charge is -2.09. The molecule has 0 radical (unpaired) electrons. The van der Waals surface area contributed by atoms with Gasteiger partial charge in [-0.2, -0.15) is 0 Å². The van der Waals surface area contributed by atoms with Crippen molar-refractivity contribution in [2.24, 2.45) is 14.1 Å². The van der Waals surface area contributed by atoms with E-state index in [1.165, 1.54) is 83.3 Å². The number of aryl methyl sites for hydroxylation is 3. The van der Waals surface area contributed by atoms with Crippen LogP contribution < -0.4 is 0 Å². The molecule has 2 aliphatic carbocycles. The quantitative estimate of drug-likeness (QED) is 0.242. The lowest BCUT2D eigenvalue weighted by molar-refractivity contribution is 0.893. The Balaban J connectivity index is 1.30. The Kier molecular flexibility index (Phi) is 3.61. The Morgan fingerprint density at radius 1 is 0.571 bits per heavy atom. The van der Waals surface area contributed by atoms with Gasteiger partial charge < -0.3 is 9.13 Å². The summed E-state index contributed by atoms with van der Waals surface area (Å²) in [4.78, 5) is 0. The number of benzene rings is 4. The molecule has 0 saturated heterocycles. The standard InChI is InChI=1S/C33H26N2/c1-19-8-13-28-27(14-19)33-26-15-20(9-10-23(26)18-31(33)34(28)2)21-11-12-25-29(16-21)35(3)30-17-22-6-4-5-7-24(22)32(25)30/h4-16H,17-18H2,1-3H3. The minimum Gasteiger partial charge on any atom is -0.347 e. The maximum Gasteiger partial charge on any atom is 0.0492 e. The van der Waals surface area contributed by atoms with Gasteiger partial charge in [0.2, 0.25) is 0 Å². The molecule has 0 atom stereocenters. The van der Waals surface area contributed by atoms with E-state index in [1.807, 2.05) is 0 Å². The van der Waals surface area contributed by atoms with E-state index in [2.05, 4.69) is 109 Å². The zero-order valence-corrected chi connectivity index (χ0v) is 20.3. The maximum atomic E-state index is 2.43. The molecule has 0 unspecified atom stereocenters. The predicted octanol–water partition coefficient (Wildman–Crippen LogP) is 7.79. The van der Waals surface area contributed by atoms with Crippen LogP contribution in [-0.4, -0.2) is 9.13 Å². The van der Waals surface area contributed by atoms with Gasteiger partial charge in [-0.3, -0.25) is 0 Å². The van der Waals surface area contributed by atoms with Crippen molar-refractivity contribution in [2.45, 2.75) is 19.8 Å². The average Bonchev–Trinajstić information content (AvgIpc) is 3.58. The van der Waals surface area contributed by atoms with Crippen molar-refractivity contribution in [1.29, 1.82) is 0 Å². The molecule has 2 aromatic heterocycles. The maximum absolute atomic E-state index is 2.43. The van der Waals surface area contributed by atoms with Crippen LogP contribution in [0.15, 0.2) is 78.9 Å². The van der Waals surface area contributed by atoms with E-state index in [-0.39, 0.29) is 0 Å². The summed E-state index contributed by atoms with van der Waals surface area (Å²) < 4.78 is 4.80. The minimum absolute atomic E-state index is 1.01. The SMILES string of the molecule is Cc1ccc2c(c1)c1c(n2C)Cc2ccc(-c3ccc4c5c(n(C)c4c3)Cc3ccccc3-5)cc2-1. The summed E-state index contributed by atoms with van der Waals surface area (Å²) in [6.07, 6.45) is 2.03. The van der Waals surface area contributed by atoms with Gasteiger partial charge in [0.25, 0.3) is 0 Å². The van der Waals surface area contributed by atoms with Gasteiger partial charge in [0.15, 0.2) is 0 Å². The molecule has 0 aliphatic heterocycles. The second kappa shape index (κ2) is 6.55. The number of hydrogen-bond donors (Lipinski definition) is 0. The normalized spacial score (nSPS) is 13.3. The Hall–Kier alpha value is -4.04. The Morgan fingerprint density at radius 3 is 2.11 bits per heavy atom. The fraction of sp³-hybridized carbons (Fsp3) is 0.152. The van der Waals surface area contributed by atoms with Crippen LogP contribution in [0.2, 0.25) is 0 Å². The van der Waals surface area contributed by atoms with Crippen LogP contribution in [0.5, 0.6) is 0 Å². The van der Waals surface area contributed by atoms with E-state index in [0.717, 1.165) is 12.8 Å². The summed E-state index contributed by atoms with van der Waals surface area (Å²) in [7, 11) is 4.44. The van der Waals surface area contributed by atoms with Crippen LogP contribution in [0.25, 0.3) is 55.2 Å². The third-order valence-electron chi connectivity index (χ3n) is 8.51. The molecule has 0 bridgehead atoms. The highest BCUT2D eigenvalue weighted by Gasteiger charge is 2.27. The molecular formula is C33H26N2. The number of hydrogen-bond acceptors (Lipinski definition) is 0. The van der Waals surface area contributed by atoms with Crippen molar-refractivity contribution in [1.82, 2.24) is 9.13 Å². The molecule has 6 aromatic rings. The van der Waals surface area contributed by atoms with Gasteiger partial charge in [-0.15, -0.1) is 0 Å². The first-order valence-electron chi connectivity index (χ1n) is 12.5. The lowest BCUT2D eigenvalue weighted by Crippen LogP contribution is -1.95. The monoisotopic (exact) mass is 450 g/mol. The Labute approximate surface area is 205 Å². The zero-order chi connectivity index (χ0) is 23.4. The van der Waals surface area contributed by atoms with Gasteiger partial charge in [-0.1, -0.05) is 60.2 Å². The molecule has 0 N–H and O–H groups in total. The molecule has 2 heteroatoms. The van der Waals surface area contributed by atoms with Gasteiger partial charge in [0, 0.05) is 71.3 Å². The highest BCUT2D eigenvalue weighted by Crippen LogP contribution is 2.46. The summed E-state index contributed by atoms with van der Waals surface area (Å²) in [6.45, 7) is 2.19. The van der Waals surface area contributed by atoms with Crippen molar-refractivity contribution >= 4 is 21.8 Å². The zero-order valence-electron chi connectivity index (χ0n) is 20.3. The van der Waals surface area contributed by atoms with Crippen molar-refractivity contribution in [2.75, 3.05) is 0 Å². The molecule has 2 heterocycles. The molecule has 0 spiro atoms. The highest BCUT2D eigenvalue weighted by atomic mass is 15.0. The minimum atomic E-state index is 1.01. The number of aromatic nitrogens is 2. The van der Waals surface area contributed by atoms with Gasteiger partial charge in [-0.25, -0.2) is 0 Å². The molecule has 2 aliphatic rings. The second-order valence-corrected chi connectivity index (χ2v) is 10.4. The predicted molar refractivity (Wildman–Crippen MR) is 146 cm³/mol. The van der Waals surface area contributed by atoms with Crippen LogP contribution >= 0.6 is 0 Å². The van der Waals surface area contributed by atoms with Crippen LogP contribution in [0.3, 0.4) is 0 Å². The summed E-state index contributed by atoms with van der Waals surface area (Å²) in [5, 5.41) is 2.75. The van der Waals surface area contributed by atoms with Gasteiger partial charge in [-0.05, 0) is 64.6 Å². The number of nitrogens with zero attached hydrogens (tertiary/aromatic N) is 2. The summed E-state index contributed by atoms with van der Waals surface area (Å²) >= 11 is 0. The number of fused-ring (bicyclic) bond motifs is 10. The summed E-state index contributed by atoms with van der Waals surface area (Å²) in [5.41, 5.74) is 18.0. The van der Waals surface area contributed by atoms with Crippen molar-refractivity contribution < 1.29 is 0 Å². The first-order valence-corrected chi connectivity index (χ1v) is 12.5. The first-order chi connectivity index (χ1) is 17.1. The van der Waals surface area contributed by atoms with E-state index in [0.29, 0.717) is 0 Å². The molecule has 168 valence electrons. The average molecular weight is 451 g/mol. The van der Waals surface area contributed by atoms with Gasteiger partial charge in [0.05, 0.1) is 0 Å². The lowest BCUT2D eigenvalue weighted by atomic mass is 9.96. The topological polar surface area (TPSA) is 9.86 Å². The summed E-state index contributed by atoms with van der Waals surface area (Å²) in [5.74, 6) is 0. The fourth-order valence-corrected chi connectivity index (χ4v) is 6.72. The molecule has 2 nitrogen and oxygen atoms in total. The molecule has 8 rings (SSSR count). The third-order valence-corrected chi connectivity index (χ3v) is 8.51. The van der Waals surface area contributed by atoms with Crippen LogP contribution in [0, 0.1) is 6.92 Å². The summed E-state index contributed by atoms with van der Waals surface area (Å²) in [6, 6.07) is 29.8. The van der Waals surface area contributed by atoms with Crippen LogP contribution in [0.1, 0.15) is 28.1 Å². The van der Waals surface area contributed by atoms with Gasteiger partial charge >= 0.3 is 0 Å². The van der Waals surface area contributed by atoms with Gasteiger partial charge in [0.1, 0.15) is 0 Å². The Bertz CT molecular complexity index is 1880. The molecule has 4 aromatic carbocycles. The van der Waals surface area contributed by atoms with Crippen molar-refractivity contribution in [3.63, 3.8) is 0 Å². The molecule has 0 fully saturated rings. The first kappa shape index (κ1) is 19.3. The largest absolute Gasteiger partial charge is 0.347 e. The van der Waals surface area contributed by atoms with E-state index < -0.39 is 0 Å². The van der Waals surface area contributed by atoms with E-state index >= 15 is 0 Å². The third kappa shape index (κ3) is 2.44. The highest BCUT2D eigenvalue weighted by molar-refractivity contribution is 6.04. The molecule has 35 heavy (non-hydrogen) atoms. The molecule has 0 saturated carbocycles. The van der Waals surface area contributed by atoms with Crippen molar-refractivity contribution in [3.05, 3.63) is 107 Å². The second-order valence-electron chi connectivity index (χ2n) is 10.4. The number of rotatable bonds is 1. The molecular weight excluding hydrogens is 424 g/mol. The smallest absolute Gasteiger partial charge is 0.0492 e. The van der Waals surface area contributed by atoms with Crippen LogP contribution in [0.4, 0.5) is 0 Å². The fourth-order valence-electron chi connectivity index (χ4n) is 6.72.